The third-order valence-electron chi connectivity index (χ3n) is 2.28. The summed E-state index contributed by atoms with van der Waals surface area (Å²) in [5.74, 6) is -0.834. The summed E-state index contributed by atoms with van der Waals surface area (Å²) < 4.78 is 1.09. The highest BCUT2D eigenvalue weighted by Crippen LogP contribution is 2.23. The van der Waals surface area contributed by atoms with Gasteiger partial charge in [0.25, 0.3) is 0 Å². The van der Waals surface area contributed by atoms with Crippen LogP contribution in [0.5, 0.6) is 0 Å². The molecule has 0 aliphatic heterocycles. The third kappa shape index (κ3) is 3.32. The van der Waals surface area contributed by atoms with Gasteiger partial charge in [-0.3, -0.25) is 4.79 Å². The fourth-order valence-electron chi connectivity index (χ4n) is 1.36. The molecule has 0 fully saturated rings. The van der Waals surface area contributed by atoms with Crippen molar-refractivity contribution < 1.29 is 9.90 Å². The lowest BCUT2D eigenvalue weighted by Crippen LogP contribution is -2.22. The van der Waals surface area contributed by atoms with E-state index in [1.807, 2.05) is 26.0 Å². The average molecular weight is 272 g/mol. The number of aliphatic carboxylic acids is 1. The van der Waals surface area contributed by atoms with Gasteiger partial charge in [0.15, 0.2) is 0 Å². The molecule has 15 heavy (non-hydrogen) atoms. The fraction of sp³-hybridized carbons (Fsp3) is 0.364. The van der Waals surface area contributed by atoms with Crippen LogP contribution in [0.15, 0.2) is 16.6 Å². The Morgan fingerprint density at radius 2 is 2.13 bits per heavy atom. The number of carboxylic acids is 1. The van der Waals surface area contributed by atoms with Gasteiger partial charge in [-0.15, -0.1) is 0 Å². The molecule has 0 heterocycles. The molecule has 0 spiro atoms. The first-order chi connectivity index (χ1) is 7.02. The average Bonchev–Trinajstić information content (AvgIpc) is 2.18. The number of carbonyl (C=O) groups is 1. The second-order valence-corrected chi connectivity index (χ2v) is 4.27. The van der Waals surface area contributed by atoms with Crippen LogP contribution in [0.25, 0.3) is 0 Å². The summed E-state index contributed by atoms with van der Waals surface area (Å²) in [6.07, 6.45) is 0. The number of nitrogens with one attached hydrogen (secondary N) is 1. The van der Waals surface area contributed by atoms with Crippen molar-refractivity contribution in [2.45, 2.75) is 20.4 Å². The van der Waals surface area contributed by atoms with Gasteiger partial charge in [0.05, 0.1) is 6.54 Å². The van der Waals surface area contributed by atoms with Crippen molar-refractivity contribution in [1.29, 1.82) is 0 Å². The Morgan fingerprint density at radius 1 is 1.47 bits per heavy atom. The van der Waals surface area contributed by atoms with Crippen molar-refractivity contribution >= 4 is 21.9 Å². The van der Waals surface area contributed by atoms with Gasteiger partial charge in [0, 0.05) is 11.0 Å². The van der Waals surface area contributed by atoms with E-state index in [0.29, 0.717) is 6.54 Å². The molecular weight excluding hydrogens is 258 g/mol. The van der Waals surface area contributed by atoms with Gasteiger partial charge in [-0.2, -0.15) is 0 Å². The quantitative estimate of drug-likeness (QED) is 0.883. The minimum atomic E-state index is -0.834. The van der Waals surface area contributed by atoms with E-state index in [4.69, 9.17) is 5.11 Å². The lowest BCUT2D eigenvalue weighted by atomic mass is 10.1. The van der Waals surface area contributed by atoms with Crippen LogP contribution in [0, 0.1) is 13.8 Å². The summed E-state index contributed by atoms with van der Waals surface area (Å²) in [6, 6.07) is 4.04. The maximum atomic E-state index is 10.3. The minimum absolute atomic E-state index is 0.00899. The van der Waals surface area contributed by atoms with E-state index >= 15 is 0 Å². The molecule has 0 unspecified atom stereocenters. The summed E-state index contributed by atoms with van der Waals surface area (Å²) in [6.45, 7) is 4.63. The lowest BCUT2D eigenvalue weighted by Gasteiger charge is -2.10. The number of aryl methyl sites for hydroxylation is 1. The molecule has 0 atom stereocenters. The van der Waals surface area contributed by atoms with Crippen molar-refractivity contribution in [2.75, 3.05) is 6.54 Å². The SMILES string of the molecule is Cc1ccc(CNCC(=O)O)c(C)c1Br. The topological polar surface area (TPSA) is 49.3 Å². The Morgan fingerprint density at radius 3 is 2.73 bits per heavy atom. The summed E-state index contributed by atoms with van der Waals surface area (Å²) >= 11 is 3.51. The van der Waals surface area contributed by atoms with Gasteiger partial charge < -0.3 is 10.4 Å². The Balaban J connectivity index is 2.70. The highest BCUT2D eigenvalue weighted by Gasteiger charge is 2.05. The van der Waals surface area contributed by atoms with E-state index in [-0.39, 0.29) is 6.54 Å². The number of halogens is 1. The molecule has 4 heteroatoms. The van der Waals surface area contributed by atoms with Crippen LogP contribution in [-0.2, 0) is 11.3 Å². The van der Waals surface area contributed by atoms with E-state index < -0.39 is 5.97 Å². The summed E-state index contributed by atoms with van der Waals surface area (Å²) in [5, 5.41) is 11.4. The summed E-state index contributed by atoms with van der Waals surface area (Å²) in [5.41, 5.74) is 3.47. The van der Waals surface area contributed by atoms with Crippen LogP contribution in [0.3, 0.4) is 0 Å². The van der Waals surface area contributed by atoms with Crippen LogP contribution >= 0.6 is 15.9 Å². The van der Waals surface area contributed by atoms with Crippen LogP contribution in [0.2, 0.25) is 0 Å². The largest absolute Gasteiger partial charge is 0.480 e. The van der Waals surface area contributed by atoms with Crippen molar-refractivity contribution in [2.24, 2.45) is 0 Å². The number of benzene rings is 1. The zero-order valence-corrected chi connectivity index (χ0v) is 10.4. The van der Waals surface area contributed by atoms with Gasteiger partial charge in [-0.1, -0.05) is 28.1 Å². The summed E-state index contributed by atoms with van der Waals surface area (Å²) in [4.78, 5) is 10.3. The molecule has 2 N–H and O–H groups in total. The monoisotopic (exact) mass is 271 g/mol. The minimum Gasteiger partial charge on any atom is -0.480 e. The Hall–Kier alpha value is -0.870. The standard InChI is InChI=1S/C11H14BrNO2/c1-7-3-4-9(8(2)11(7)12)5-13-6-10(14)15/h3-4,13H,5-6H2,1-2H3,(H,14,15). The smallest absolute Gasteiger partial charge is 0.317 e. The molecule has 0 amide bonds. The van der Waals surface area contributed by atoms with Crippen LogP contribution < -0.4 is 5.32 Å². The van der Waals surface area contributed by atoms with Gasteiger partial charge >= 0.3 is 5.97 Å². The molecule has 1 aromatic rings. The molecule has 0 radical (unpaired) electrons. The molecule has 0 aromatic heterocycles. The highest BCUT2D eigenvalue weighted by molar-refractivity contribution is 9.10. The Labute approximate surface area is 97.6 Å². The zero-order valence-electron chi connectivity index (χ0n) is 8.80. The number of hydrogen-bond donors (Lipinski definition) is 2. The second kappa shape index (κ2) is 5.28. The van der Waals surface area contributed by atoms with Crippen LogP contribution in [0.4, 0.5) is 0 Å². The first kappa shape index (κ1) is 12.2. The van der Waals surface area contributed by atoms with Crippen molar-refractivity contribution in [3.05, 3.63) is 33.3 Å². The highest BCUT2D eigenvalue weighted by atomic mass is 79.9. The number of hydrogen-bond acceptors (Lipinski definition) is 2. The third-order valence-corrected chi connectivity index (χ3v) is 3.50. The molecule has 0 aliphatic carbocycles. The van der Waals surface area contributed by atoms with Crippen molar-refractivity contribution in [3.8, 4) is 0 Å². The van der Waals surface area contributed by atoms with E-state index in [2.05, 4.69) is 21.2 Å². The van der Waals surface area contributed by atoms with Gasteiger partial charge in [-0.25, -0.2) is 0 Å². The fourth-order valence-corrected chi connectivity index (χ4v) is 1.74. The predicted octanol–water partition coefficient (Wildman–Crippen LogP) is 2.24. The first-order valence-corrected chi connectivity index (χ1v) is 5.48. The molecule has 1 rings (SSSR count). The second-order valence-electron chi connectivity index (χ2n) is 3.48. The lowest BCUT2D eigenvalue weighted by molar-refractivity contribution is -0.135. The molecule has 0 saturated heterocycles. The maximum Gasteiger partial charge on any atom is 0.317 e. The maximum absolute atomic E-state index is 10.3. The normalized spacial score (nSPS) is 10.3. The summed E-state index contributed by atoms with van der Waals surface area (Å²) in [7, 11) is 0. The van der Waals surface area contributed by atoms with Crippen molar-refractivity contribution in [1.82, 2.24) is 5.32 Å². The van der Waals surface area contributed by atoms with E-state index in [0.717, 1.165) is 15.6 Å². The van der Waals surface area contributed by atoms with Gasteiger partial charge in [-0.05, 0) is 30.5 Å². The molecular formula is C11H14BrNO2. The predicted molar refractivity (Wildman–Crippen MR) is 63.0 cm³/mol. The van der Waals surface area contributed by atoms with Gasteiger partial charge in [0.2, 0.25) is 0 Å². The van der Waals surface area contributed by atoms with E-state index in [9.17, 15) is 4.79 Å². The van der Waals surface area contributed by atoms with Crippen LogP contribution in [0.1, 0.15) is 16.7 Å². The molecule has 0 bridgehead atoms. The van der Waals surface area contributed by atoms with E-state index in [1.165, 1.54) is 5.56 Å². The molecule has 82 valence electrons. The van der Waals surface area contributed by atoms with Gasteiger partial charge in [0.1, 0.15) is 0 Å². The molecule has 3 nitrogen and oxygen atoms in total. The number of rotatable bonds is 4. The Kier molecular flexibility index (Phi) is 4.29. The van der Waals surface area contributed by atoms with E-state index in [1.54, 1.807) is 0 Å². The first-order valence-electron chi connectivity index (χ1n) is 4.69. The zero-order chi connectivity index (χ0) is 11.4. The molecule has 1 aromatic carbocycles. The van der Waals surface area contributed by atoms with Crippen LogP contribution in [-0.4, -0.2) is 17.6 Å². The number of carboxylic acid groups (broad SMARTS) is 1. The molecule has 0 saturated carbocycles. The van der Waals surface area contributed by atoms with Crippen molar-refractivity contribution in [3.63, 3.8) is 0 Å². The Bertz CT molecular complexity index is 377. The molecule has 0 aliphatic rings.